The van der Waals surface area contributed by atoms with Crippen LogP contribution in [0.25, 0.3) is 0 Å². The number of nitrogen functional groups attached to an aromatic ring is 1. The summed E-state index contributed by atoms with van der Waals surface area (Å²) in [5.74, 6) is 5.40. The van der Waals surface area contributed by atoms with E-state index in [1.54, 1.807) is 12.3 Å². The third-order valence-corrected chi connectivity index (χ3v) is 4.38. The van der Waals surface area contributed by atoms with Gasteiger partial charge in [-0.25, -0.2) is 24.0 Å². The number of sulfonamides is 1. The summed E-state index contributed by atoms with van der Waals surface area (Å²) < 4.78 is 26.7. The first-order chi connectivity index (χ1) is 10.0. The molecule has 0 bridgehead atoms. The Morgan fingerprint density at radius 2 is 2.10 bits per heavy atom. The van der Waals surface area contributed by atoms with Gasteiger partial charge in [0.2, 0.25) is 10.0 Å². The molecule has 2 aromatic heterocycles. The fraction of sp³-hybridized carbons (Fsp3) is 0.167. The number of pyridine rings is 2. The molecule has 0 aliphatic carbocycles. The first kappa shape index (κ1) is 15.6. The van der Waals surface area contributed by atoms with Crippen molar-refractivity contribution in [3.05, 3.63) is 47.4 Å². The zero-order valence-corrected chi connectivity index (χ0v) is 12.5. The summed E-state index contributed by atoms with van der Waals surface area (Å²) in [6.45, 7) is 0.230. The Balaban J connectivity index is 2.03. The van der Waals surface area contributed by atoms with Gasteiger partial charge in [0.05, 0.1) is 5.02 Å². The topological polar surface area (TPSA) is 110 Å². The van der Waals surface area contributed by atoms with Gasteiger partial charge in [-0.05, 0) is 18.2 Å². The number of halogens is 1. The molecule has 0 aliphatic heterocycles. The maximum atomic E-state index is 12.1. The Morgan fingerprint density at radius 3 is 2.71 bits per heavy atom. The maximum absolute atomic E-state index is 12.1. The molecule has 112 valence electrons. The van der Waals surface area contributed by atoms with E-state index < -0.39 is 10.0 Å². The average Bonchev–Trinajstić information content (AvgIpc) is 2.48. The van der Waals surface area contributed by atoms with Crippen molar-refractivity contribution in [3.8, 4) is 0 Å². The van der Waals surface area contributed by atoms with E-state index in [0.29, 0.717) is 6.42 Å². The zero-order chi connectivity index (χ0) is 15.3. The standard InChI is InChI=1S/C12H14ClN5O2S/c13-11-7-10(8-16-12(11)18-14)21(19,20)17-6-4-9-3-1-2-5-15-9/h1-3,5,7-8,17H,4,6,14H2,(H,16,18). The molecule has 2 heterocycles. The lowest BCUT2D eigenvalue weighted by Gasteiger charge is -2.08. The molecule has 0 aromatic carbocycles. The second-order valence-corrected chi connectivity index (χ2v) is 6.29. The highest BCUT2D eigenvalue weighted by molar-refractivity contribution is 7.89. The molecule has 0 fully saturated rings. The predicted molar refractivity (Wildman–Crippen MR) is 80.2 cm³/mol. The van der Waals surface area contributed by atoms with E-state index in [2.05, 4.69) is 20.1 Å². The number of aromatic nitrogens is 2. The highest BCUT2D eigenvalue weighted by Gasteiger charge is 2.16. The van der Waals surface area contributed by atoms with Crippen molar-refractivity contribution in [2.24, 2.45) is 5.84 Å². The Morgan fingerprint density at radius 1 is 1.29 bits per heavy atom. The maximum Gasteiger partial charge on any atom is 0.242 e. The molecule has 0 aliphatic rings. The summed E-state index contributed by atoms with van der Waals surface area (Å²) in [6.07, 6.45) is 3.33. The number of nitrogens with zero attached hydrogens (tertiary/aromatic N) is 2. The van der Waals surface area contributed by atoms with Gasteiger partial charge in [-0.1, -0.05) is 17.7 Å². The van der Waals surface area contributed by atoms with Crippen LogP contribution >= 0.6 is 11.6 Å². The monoisotopic (exact) mass is 327 g/mol. The molecule has 21 heavy (non-hydrogen) atoms. The molecule has 0 saturated carbocycles. The second kappa shape index (κ2) is 6.81. The quantitative estimate of drug-likeness (QED) is 0.538. The van der Waals surface area contributed by atoms with Crippen molar-refractivity contribution in [2.45, 2.75) is 11.3 Å². The zero-order valence-electron chi connectivity index (χ0n) is 11.0. The van der Waals surface area contributed by atoms with Crippen molar-refractivity contribution in [3.63, 3.8) is 0 Å². The van der Waals surface area contributed by atoms with E-state index >= 15 is 0 Å². The second-order valence-electron chi connectivity index (χ2n) is 4.11. The number of hydrogen-bond acceptors (Lipinski definition) is 6. The average molecular weight is 328 g/mol. The number of hydrogen-bond donors (Lipinski definition) is 3. The van der Waals surface area contributed by atoms with E-state index in [1.165, 1.54) is 12.3 Å². The number of hydrazine groups is 1. The third-order valence-electron chi connectivity index (χ3n) is 2.66. The lowest BCUT2D eigenvalue weighted by molar-refractivity contribution is 0.581. The SMILES string of the molecule is NNc1ncc(S(=O)(=O)NCCc2ccccn2)cc1Cl. The van der Waals surface area contributed by atoms with Gasteiger partial charge in [0, 0.05) is 31.1 Å². The summed E-state index contributed by atoms with van der Waals surface area (Å²) >= 11 is 5.86. The van der Waals surface area contributed by atoms with E-state index in [1.807, 2.05) is 12.1 Å². The van der Waals surface area contributed by atoms with Crippen LogP contribution in [0.2, 0.25) is 5.02 Å². The lowest BCUT2D eigenvalue weighted by Crippen LogP contribution is -2.26. The van der Waals surface area contributed by atoms with Gasteiger partial charge in [0.25, 0.3) is 0 Å². The largest absolute Gasteiger partial charge is 0.307 e. The van der Waals surface area contributed by atoms with Crippen LogP contribution < -0.4 is 16.0 Å². The Bertz CT molecular complexity index is 709. The number of nitrogens with two attached hydrogens (primary N) is 1. The smallest absolute Gasteiger partial charge is 0.242 e. The van der Waals surface area contributed by atoms with E-state index in [4.69, 9.17) is 17.4 Å². The minimum absolute atomic E-state index is 0.0208. The summed E-state index contributed by atoms with van der Waals surface area (Å²) in [6, 6.07) is 6.76. The van der Waals surface area contributed by atoms with Gasteiger partial charge in [-0.2, -0.15) is 0 Å². The Kier molecular flexibility index (Phi) is 5.07. The highest BCUT2D eigenvalue weighted by Crippen LogP contribution is 2.21. The van der Waals surface area contributed by atoms with Crippen LogP contribution in [-0.4, -0.2) is 24.9 Å². The number of anilines is 1. The van der Waals surface area contributed by atoms with Crippen LogP contribution in [0.1, 0.15) is 5.69 Å². The number of nitrogens with one attached hydrogen (secondary N) is 2. The molecule has 0 spiro atoms. The molecule has 4 N–H and O–H groups in total. The van der Waals surface area contributed by atoms with Crippen molar-refractivity contribution in [1.82, 2.24) is 14.7 Å². The molecule has 0 unspecified atom stereocenters. The minimum atomic E-state index is -3.67. The summed E-state index contributed by atoms with van der Waals surface area (Å²) in [5, 5.41) is 0.130. The van der Waals surface area contributed by atoms with E-state index in [9.17, 15) is 8.42 Å². The molecule has 0 saturated heterocycles. The predicted octanol–water partition coefficient (Wildman–Crippen LogP) is 0.937. The van der Waals surface area contributed by atoms with Gasteiger partial charge in [-0.3, -0.25) is 4.98 Å². The van der Waals surface area contributed by atoms with E-state index in [-0.39, 0.29) is 22.3 Å². The summed E-state index contributed by atoms with van der Waals surface area (Å²) in [4.78, 5) is 7.93. The van der Waals surface area contributed by atoms with Crippen molar-refractivity contribution >= 4 is 27.4 Å². The van der Waals surface area contributed by atoms with Gasteiger partial charge in [-0.15, -0.1) is 0 Å². The van der Waals surface area contributed by atoms with Gasteiger partial charge < -0.3 is 5.43 Å². The molecule has 2 rings (SSSR count). The van der Waals surface area contributed by atoms with Gasteiger partial charge in [0.15, 0.2) is 5.82 Å². The molecule has 0 amide bonds. The first-order valence-electron chi connectivity index (χ1n) is 6.04. The molecular weight excluding hydrogens is 314 g/mol. The molecule has 0 radical (unpaired) electrons. The Labute approximate surface area is 127 Å². The van der Waals surface area contributed by atoms with Crippen LogP contribution in [0.3, 0.4) is 0 Å². The minimum Gasteiger partial charge on any atom is -0.307 e. The molecule has 9 heteroatoms. The normalized spacial score (nSPS) is 11.3. The van der Waals surface area contributed by atoms with Crippen LogP contribution in [0, 0.1) is 0 Å². The molecule has 7 nitrogen and oxygen atoms in total. The van der Waals surface area contributed by atoms with Crippen LogP contribution in [0.15, 0.2) is 41.6 Å². The van der Waals surface area contributed by atoms with E-state index in [0.717, 1.165) is 5.69 Å². The third kappa shape index (κ3) is 4.11. The summed E-state index contributed by atoms with van der Waals surface area (Å²) in [5.41, 5.74) is 3.08. The molecule has 0 atom stereocenters. The van der Waals surface area contributed by atoms with Gasteiger partial charge >= 0.3 is 0 Å². The molecule has 2 aromatic rings. The fourth-order valence-corrected chi connectivity index (χ4v) is 2.90. The van der Waals surface area contributed by atoms with Crippen molar-refractivity contribution in [1.29, 1.82) is 0 Å². The van der Waals surface area contributed by atoms with Crippen molar-refractivity contribution in [2.75, 3.05) is 12.0 Å². The van der Waals surface area contributed by atoms with Crippen LogP contribution in [0.4, 0.5) is 5.82 Å². The fourth-order valence-electron chi connectivity index (χ4n) is 1.62. The van der Waals surface area contributed by atoms with Crippen molar-refractivity contribution < 1.29 is 8.42 Å². The summed E-state index contributed by atoms with van der Waals surface area (Å²) in [7, 11) is -3.67. The van der Waals surface area contributed by atoms with Crippen LogP contribution in [0.5, 0.6) is 0 Å². The Hall–Kier alpha value is -1.74. The lowest BCUT2D eigenvalue weighted by atomic mass is 10.3. The first-order valence-corrected chi connectivity index (χ1v) is 7.91. The van der Waals surface area contributed by atoms with Gasteiger partial charge in [0.1, 0.15) is 4.90 Å². The molecular formula is C12H14ClN5O2S. The van der Waals surface area contributed by atoms with Crippen LogP contribution in [-0.2, 0) is 16.4 Å². The highest BCUT2D eigenvalue weighted by atomic mass is 35.5. The number of rotatable bonds is 6.